The molecular weight excluding hydrogens is 354 g/mol. The van der Waals surface area contributed by atoms with E-state index in [4.69, 9.17) is 0 Å². The van der Waals surface area contributed by atoms with E-state index in [0.29, 0.717) is 19.0 Å². The molecule has 6 nitrogen and oxygen atoms in total. The number of carbonyl (C=O) groups excluding carboxylic acids is 3. The zero-order chi connectivity index (χ0) is 20.3. The molecule has 0 aromatic heterocycles. The van der Waals surface area contributed by atoms with Gasteiger partial charge in [-0.25, -0.2) is 4.79 Å². The van der Waals surface area contributed by atoms with Crippen molar-refractivity contribution in [2.45, 2.75) is 64.3 Å². The number of nitrogens with zero attached hydrogens (tertiary/aromatic N) is 2. The molecule has 28 heavy (non-hydrogen) atoms. The lowest BCUT2D eigenvalue weighted by molar-refractivity contribution is -0.139. The summed E-state index contributed by atoms with van der Waals surface area (Å²) in [5, 5.41) is 2.79. The molecule has 2 fully saturated rings. The van der Waals surface area contributed by atoms with Crippen molar-refractivity contribution >= 4 is 17.8 Å². The molecule has 3 rings (SSSR count). The van der Waals surface area contributed by atoms with E-state index in [1.165, 1.54) is 12.0 Å². The zero-order valence-electron chi connectivity index (χ0n) is 17.2. The summed E-state index contributed by atoms with van der Waals surface area (Å²) in [6.07, 6.45) is 5.41. The van der Waals surface area contributed by atoms with Crippen molar-refractivity contribution in [1.82, 2.24) is 15.1 Å². The quantitative estimate of drug-likeness (QED) is 0.808. The van der Waals surface area contributed by atoms with Gasteiger partial charge < -0.3 is 10.2 Å². The topological polar surface area (TPSA) is 69.7 Å². The summed E-state index contributed by atoms with van der Waals surface area (Å²) in [7, 11) is 0. The second-order valence-electron chi connectivity index (χ2n) is 8.37. The van der Waals surface area contributed by atoms with Crippen LogP contribution >= 0.6 is 0 Å². The van der Waals surface area contributed by atoms with Crippen LogP contribution in [0.15, 0.2) is 24.3 Å². The molecule has 0 unspecified atom stereocenters. The summed E-state index contributed by atoms with van der Waals surface area (Å²) in [5.74, 6) is -0.123. The van der Waals surface area contributed by atoms with E-state index in [1.807, 2.05) is 24.3 Å². The summed E-state index contributed by atoms with van der Waals surface area (Å²) in [6, 6.07) is 7.24. The minimum absolute atomic E-state index is 0.148. The summed E-state index contributed by atoms with van der Waals surface area (Å²) in [5.41, 5.74) is 0.771. The first kappa shape index (κ1) is 20.4. The van der Waals surface area contributed by atoms with Gasteiger partial charge in [-0.15, -0.1) is 0 Å². The van der Waals surface area contributed by atoms with Gasteiger partial charge in [0, 0.05) is 13.1 Å². The molecule has 0 spiro atoms. The van der Waals surface area contributed by atoms with Gasteiger partial charge in [0.2, 0.25) is 5.91 Å². The predicted molar refractivity (Wildman–Crippen MR) is 108 cm³/mol. The van der Waals surface area contributed by atoms with Crippen molar-refractivity contribution in [3.8, 4) is 0 Å². The van der Waals surface area contributed by atoms with Crippen LogP contribution < -0.4 is 5.32 Å². The molecule has 2 saturated heterocycles. The van der Waals surface area contributed by atoms with E-state index in [2.05, 4.69) is 19.2 Å². The highest BCUT2D eigenvalue weighted by Crippen LogP contribution is 2.30. The van der Waals surface area contributed by atoms with Gasteiger partial charge in [0.1, 0.15) is 12.1 Å². The number of likely N-dealkylation sites (tertiary alicyclic amines) is 1. The van der Waals surface area contributed by atoms with Crippen LogP contribution in [0.2, 0.25) is 0 Å². The lowest BCUT2D eigenvalue weighted by Crippen LogP contribution is -2.45. The highest BCUT2D eigenvalue weighted by Gasteiger charge is 2.49. The average Bonchev–Trinajstić information content (AvgIpc) is 2.85. The fourth-order valence-corrected chi connectivity index (χ4v) is 3.97. The van der Waals surface area contributed by atoms with Crippen LogP contribution in [0.25, 0.3) is 0 Å². The lowest BCUT2D eigenvalue weighted by atomic mass is 9.90. The van der Waals surface area contributed by atoms with Crippen LogP contribution in [-0.2, 0) is 15.1 Å². The lowest BCUT2D eigenvalue weighted by Gasteiger charge is -2.27. The van der Waals surface area contributed by atoms with Crippen molar-refractivity contribution < 1.29 is 14.4 Å². The average molecular weight is 386 g/mol. The standard InChI is InChI=1S/C22H31N3O3/c1-16(2)17-9-11-18(12-10-17)22(3)20(27)25(21(28)23-22)15-19(26)24-13-7-5-4-6-8-14-24/h9-12,16H,4-8,13-15H2,1-3H3,(H,23,28)/t22-/m1/s1. The Morgan fingerprint density at radius 1 is 1.04 bits per heavy atom. The van der Waals surface area contributed by atoms with Gasteiger partial charge in [0.05, 0.1) is 0 Å². The number of benzene rings is 1. The van der Waals surface area contributed by atoms with Crippen LogP contribution in [0.5, 0.6) is 0 Å². The summed E-state index contributed by atoms with van der Waals surface area (Å²) in [6.45, 7) is 7.14. The highest BCUT2D eigenvalue weighted by molar-refractivity contribution is 6.09. The SMILES string of the molecule is CC(C)c1ccc([C@@]2(C)NC(=O)N(CC(=O)N3CCCCCCC3)C2=O)cc1. The Balaban J connectivity index is 1.72. The molecule has 2 heterocycles. The first-order valence-electron chi connectivity index (χ1n) is 10.4. The third-order valence-electron chi connectivity index (χ3n) is 5.93. The van der Waals surface area contributed by atoms with Crippen molar-refractivity contribution in [3.05, 3.63) is 35.4 Å². The van der Waals surface area contributed by atoms with Gasteiger partial charge in [0.25, 0.3) is 5.91 Å². The minimum Gasteiger partial charge on any atom is -0.341 e. The Kier molecular flexibility index (Phi) is 6.06. The first-order valence-corrected chi connectivity index (χ1v) is 10.4. The monoisotopic (exact) mass is 385 g/mol. The number of carbonyl (C=O) groups is 3. The van der Waals surface area contributed by atoms with Crippen LogP contribution in [0.4, 0.5) is 4.79 Å². The molecule has 0 radical (unpaired) electrons. The molecule has 1 atom stereocenters. The van der Waals surface area contributed by atoms with E-state index in [1.54, 1.807) is 11.8 Å². The Labute approximate surface area is 167 Å². The predicted octanol–water partition coefficient (Wildman–Crippen LogP) is 3.37. The molecule has 4 amide bonds. The molecule has 0 saturated carbocycles. The Bertz CT molecular complexity index is 736. The van der Waals surface area contributed by atoms with Gasteiger partial charge in [-0.2, -0.15) is 0 Å². The maximum Gasteiger partial charge on any atom is 0.325 e. The smallest absolute Gasteiger partial charge is 0.325 e. The van der Waals surface area contributed by atoms with E-state index in [-0.39, 0.29) is 18.4 Å². The van der Waals surface area contributed by atoms with Crippen molar-refractivity contribution in [1.29, 1.82) is 0 Å². The molecule has 1 N–H and O–H groups in total. The number of amides is 4. The summed E-state index contributed by atoms with van der Waals surface area (Å²) in [4.78, 5) is 41.2. The number of nitrogens with one attached hydrogen (secondary N) is 1. The Morgan fingerprint density at radius 3 is 2.18 bits per heavy atom. The summed E-state index contributed by atoms with van der Waals surface area (Å²) >= 11 is 0. The van der Waals surface area contributed by atoms with E-state index < -0.39 is 11.6 Å². The molecule has 2 aliphatic rings. The number of hydrogen-bond acceptors (Lipinski definition) is 3. The van der Waals surface area contributed by atoms with Crippen LogP contribution in [0.3, 0.4) is 0 Å². The molecule has 152 valence electrons. The number of imide groups is 1. The zero-order valence-corrected chi connectivity index (χ0v) is 17.2. The molecule has 1 aromatic carbocycles. The third kappa shape index (κ3) is 4.05. The van der Waals surface area contributed by atoms with E-state index in [9.17, 15) is 14.4 Å². The molecule has 6 heteroatoms. The van der Waals surface area contributed by atoms with Crippen molar-refractivity contribution in [2.24, 2.45) is 0 Å². The maximum absolute atomic E-state index is 13.1. The first-order chi connectivity index (χ1) is 13.3. The largest absolute Gasteiger partial charge is 0.341 e. The van der Waals surface area contributed by atoms with Gasteiger partial charge in [-0.05, 0) is 36.8 Å². The highest BCUT2D eigenvalue weighted by atomic mass is 16.2. The molecular formula is C22H31N3O3. The van der Waals surface area contributed by atoms with Crippen LogP contribution in [0.1, 0.15) is 69.9 Å². The number of rotatable bonds is 4. The Morgan fingerprint density at radius 2 is 1.61 bits per heavy atom. The van der Waals surface area contributed by atoms with E-state index in [0.717, 1.165) is 36.1 Å². The number of hydrogen-bond donors (Lipinski definition) is 1. The van der Waals surface area contributed by atoms with Crippen LogP contribution in [0, 0.1) is 0 Å². The molecule has 2 aliphatic heterocycles. The molecule has 0 bridgehead atoms. The third-order valence-corrected chi connectivity index (χ3v) is 5.93. The van der Waals surface area contributed by atoms with Gasteiger partial charge >= 0.3 is 6.03 Å². The Hall–Kier alpha value is -2.37. The van der Waals surface area contributed by atoms with Gasteiger partial charge in [-0.1, -0.05) is 57.4 Å². The van der Waals surface area contributed by atoms with Gasteiger partial charge in [-0.3, -0.25) is 14.5 Å². The van der Waals surface area contributed by atoms with Crippen LogP contribution in [-0.4, -0.2) is 47.3 Å². The van der Waals surface area contributed by atoms with E-state index >= 15 is 0 Å². The van der Waals surface area contributed by atoms with Crippen molar-refractivity contribution in [3.63, 3.8) is 0 Å². The second-order valence-corrected chi connectivity index (χ2v) is 8.37. The molecule has 1 aromatic rings. The molecule has 0 aliphatic carbocycles. The fourth-order valence-electron chi connectivity index (χ4n) is 3.97. The maximum atomic E-state index is 13.1. The van der Waals surface area contributed by atoms with Crippen molar-refractivity contribution in [2.75, 3.05) is 19.6 Å². The minimum atomic E-state index is -1.14. The van der Waals surface area contributed by atoms with Gasteiger partial charge in [0.15, 0.2) is 0 Å². The summed E-state index contributed by atoms with van der Waals surface area (Å²) < 4.78 is 0. The normalized spacial score (nSPS) is 23.6. The second kappa shape index (κ2) is 8.33. The number of urea groups is 1. The fraction of sp³-hybridized carbons (Fsp3) is 0.591.